The SMILES string of the molecule is CC(C)(C)[Si](C)(C)O[C@@H]1C[C@@H](C=O)N(C(=O)OCc2ccccc2)C1. The molecule has 1 aliphatic rings. The molecule has 0 spiro atoms. The molecule has 138 valence electrons. The van der Waals surface area contributed by atoms with E-state index in [4.69, 9.17) is 9.16 Å². The lowest BCUT2D eigenvalue weighted by atomic mass is 10.2. The van der Waals surface area contributed by atoms with E-state index >= 15 is 0 Å². The van der Waals surface area contributed by atoms with Gasteiger partial charge < -0.3 is 14.0 Å². The van der Waals surface area contributed by atoms with Crippen molar-refractivity contribution in [1.29, 1.82) is 0 Å². The van der Waals surface area contributed by atoms with E-state index in [0.29, 0.717) is 13.0 Å². The molecule has 2 rings (SSSR count). The third-order valence-electron chi connectivity index (χ3n) is 5.17. The highest BCUT2D eigenvalue weighted by atomic mass is 28.4. The van der Waals surface area contributed by atoms with Crippen LogP contribution in [0, 0.1) is 0 Å². The second-order valence-electron chi connectivity index (χ2n) is 8.13. The van der Waals surface area contributed by atoms with Crippen molar-refractivity contribution in [1.82, 2.24) is 4.90 Å². The Morgan fingerprint density at radius 3 is 2.48 bits per heavy atom. The maximum atomic E-state index is 12.4. The average molecular weight is 364 g/mol. The van der Waals surface area contributed by atoms with Crippen LogP contribution in [0.25, 0.3) is 0 Å². The summed E-state index contributed by atoms with van der Waals surface area (Å²) in [5.41, 5.74) is 0.923. The summed E-state index contributed by atoms with van der Waals surface area (Å²) in [6, 6.07) is 9.04. The Kier molecular flexibility index (Phi) is 6.06. The Morgan fingerprint density at radius 2 is 1.92 bits per heavy atom. The molecule has 0 saturated carbocycles. The van der Waals surface area contributed by atoms with Crippen molar-refractivity contribution in [3.8, 4) is 0 Å². The third kappa shape index (κ3) is 4.92. The molecular weight excluding hydrogens is 334 g/mol. The fraction of sp³-hybridized carbons (Fsp3) is 0.579. The quantitative estimate of drug-likeness (QED) is 0.586. The molecule has 1 aromatic rings. The molecule has 1 fully saturated rings. The van der Waals surface area contributed by atoms with Gasteiger partial charge in [-0.3, -0.25) is 4.90 Å². The second kappa shape index (κ2) is 7.70. The number of aldehydes is 1. The first-order valence-electron chi connectivity index (χ1n) is 8.74. The summed E-state index contributed by atoms with van der Waals surface area (Å²) >= 11 is 0. The molecule has 0 unspecified atom stereocenters. The smallest absolute Gasteiger partial charge is 0.410 e. The van der Waals surface area contributed by atoms with E-state index in [0.717, 1.165) is 11.8 Å². The summed E-state index contributed by atoms with van der Waals surface area (Å²) in [5.74, 6) is 0. The number of amides is 1. The monoisotopic (exact) mass is 363 g/mol. The highest BCUT2D eigenvalue weighted by Gasteiger charge is 2.43. The van der Waals surface area contributed by atoms with Crippen LogP contribution in [-0.4, -0.2) is 44.3 Å². The lowest BCUT2D eigenvalue weighted by Crippen LogP contribution is -2.44. The summed E-state index contributed by atoms with van der Waals surface area (Å²) in [5, 5.41) is 0.0882. The molecule has 0 radical (unpaired) electrons. The number of hydrogen-bond acceptors (Lipinski definition) is 4. The molecule has 1 heterocycles. The number of carbonyl (C=O) groups is 2. The summed E-state index contributed by atoms with van der Waals surface area (Å²) in [4.78, 5) is 25.3. The van der Waals surface area contributed by atoms with Crippen molar-refractivity contribution < 1.29 is 18.8 Å². The number of rotatable bonds is 5. The highest BCUT2D eigenvalue weighted by molar-refractivity contribution is 6.74. The molecule has 1 aromatic carbocycles. The van der Waals surface area contributed by atoms with Crippen LogP contribution in [0.1, 0.15) is 32.8 Å². The number of carbonyl (C=O) groups excluding carboxylic acids is 2. The van der Waals surface area contributed by atoms with Gasteiger partial charge in [-0.2, -0.15) is 0 Å². The fourth-order valence-electron chi connectivity index (χ4n) is 2.65. The first-order valence-corrected chi connectivity index (χ1v) is 11.7. The van der Waals surface area contributed by atoms with Crippen LogP contribution in [0.4, 0.5) is 4.79 Å². The molecule has 6 heteroatoms. The first-order chi connectivity index (χ1) is 11.6. The minimum atomic E-state index is -1.94. The zero-order valence-corrected chi connectivity index (χ0v) is 16.8. The summed E-state index contributed by atoms with van der Waals surface area (Å²) in [6.07, 6.45) is 0.789. The van der Waals surface area contributed by atoms with E-state index in [1.54, 1.807) is 0 Å². The standard InChI is InChI=1S/C19H29NO4Si/c1-19(2,3)25(4,5)24-17-11-16(13-21)20(12-17)18(22)23-14-15-9-7-6-8-10-15/h6-10,13,16-17H,11-12,14H2,1-5H3/t16-,17+/m0/s1. The molecule has 0 aromatic heterocycles. The molecule has 1 aliphatic heterocycles. The van der Waals surface area contributed by atoms with Gasteiger partial charge in [0.15, 0.2) is 8.32 Å². The molecule has 0 aliphatic carbocycles. The van der Waals surface area contributed by atoms with Gasteiger partial charge in [0.1, 0.15) is 12.9 Å². The van der Waals surface area contributed by atoms with Gasteiger partial charge in [0.25, 0.3) is 0 Å². The molecular formula is C19H29NO4Si. The Morgan fingerprint density at radius 1 is 1.28 bits per heavy atom. The topological polar surface area (TPSA) is 55.8 Å². The molecule has 5 nitrogen and oxygen atoms in total. The van der Waals surface area contributed by atoms with E-state index in [1.165, 1.54) is 4.90 Å². The molecule has 1 saturated heterocycles. The van der Waals surface area contributed by atoms with Gasteiger partial charge in [-0.15, -0.1) is 0 Å². The van der Waals surface area contributed by atoms with Crippen LogP contribution in [0.2, 0.25) is 18.1 Å². The van der Waals surface area contributed by atoms with Crippen molar-refractivity contribution in [3.63, 3.8) is 0 Å². The van der Waals surface area contributed by atoms with E-state index in [1.807, 2.05) is 30.3 Å². The van der Waals surface area contributed by atoms with Gasteiger partial charge in [0.05, 0.1) is 12.1 Å². The Bertz CT molecular complexity index is 597. The number of ether oxygens (including phenoxy) is 1. The van der Waals surface area contributed by atoms with Crippen LogP contribution >= 0.6 is 0 Å². The Hall–Kier alpha value is -1.66. The van der Waals surface area contributed by atoms with Crippen molar-refractivity contribution in [3.05, 3.63) is 35.9 Å². The Labute approximate surface area is 151 Å². The largest absolute Gasteiger partial charge is 0.445 e. The van der Waals surface area contributed by atoms with E-state index < -0.39 is 20.5 Å². The van der Waals surface area contributed by atoms with Gasteiger partial charge in [-0.1, -0.05) is 51.1 Å². The summed E-state index contributed by atoms with van der Waals surface area (Å²) < 4.78 is 11.7. The van der Waals surface area contributed by atoms with Crippen LogP contribution in [0.15, 0.2) is 30.3 Å². The van der Waals surface area contributed by atoms with Crippen molar-refractivity contribution in [2.75, 3.05) is 6.54 Å². The molecule has 0 bridgehead atoms. The average Bonchev–Trinajstić information content (AvgIpc) is 2.95. The van der Waals surface area contributed by atoms with Crippen molar-refractivity contribution in [2.45, 2.75) is 64.1 Å². The van der Waals surface area contributed by atoms with Crippen LogP contribution < -0.4 is 0 Å². The normalized spacial score (nSPS) is 21.2. The fourth-order valence-corrected chi connectivity index (χ4v) is 4.00. The zero-order valence-electron chi connectivity index (χ0n) is 15.8. The maximum absolute atomic E-state index is 12.4. The van der Waals surface area contributed by atoms with Crippen molar-refractivity contribution in [2.24, 2.45) is 0 Å². The first kappa shape index (κ1) is 19.7. The minimum absolute atomic E-state index is 0.0882. The highest BCUT2D eigenvalue weighted by Crippen LogP contribution is 2.38. The van der Waals surface area contributed by atoms with Gasteiger partial charge in [0, 0.05) is 13.0 Å². The summed E-state index contributed by atoms with van der Waals surface area (Å²) in [6.45, 7) is 11.5. The minimum Gasteiger partial charge on any atom is -0.445 e. The van der Waals surface area contributed by atoms with Gasteiger partial charge in [-0.25, -0.2) is 4.79 Å². The molecule has 25 heavy (non-hydrogen) atoms. The predicted octanol–water partition coefficient (Wildman–Crippen LogP) is 3.99. The predicted molar refractivity (Wildman–Crippen MR) is 99.9 cm³/mol. The van der Waals surface area contributed by atoms with Crippen LogP contribution in [0.3, 0.4) is 0 Å². The number of nitrogens with zero attached hydrogens (tertiary/aromatic N) is 1. The third-order valence-corrected chi connectivity index (χ3v) is 9.70. The van der Waals surface area contributed by atoms with E-state index in [-0.39, 0.29) is 17.7 Å². The van der Waals surface area contributed by atoms with E-state index in [9.17, 15) is 9.59 Å². The summed E-state index contributed by atoms with van der Waals surface area (Å²) in [7, 11) is -1.94. The van der Waals surface area contributed by atoms with Crippen LogP contribution in [0.5, 0.6) is 0 Å². The van der Waals surface area contributed by atoms with Gasteiger partial charge >= 0.3 is 6.09 Å². The zero-order chi connectivity index (χ0) is 18.7. The Balaban J connectivity index is 1.96. The van der Waals surface area contributed by atoms with Gasteiger partial charge in [0.2, 0.25) is 0 Å². The number of hydrogen-bond donors (Lipinski definition) is 0. The number of benzene rings is 1. The second-order valence-corrected chi connectivity index (χ2v) is 12.9. The molecule has 2 atom stereocenters. The maximum Gasteiger partial charge on any atom is 0.410 e. The number of likely N-dealkylation sites (tertiary alicyclic amines) is 1. The van der Waals surface area contributed by atoms with Crippen molar-refractivity contribution >= 4 is 20.7 Å². The van der Waals surface area contributed by atoms with E-state index in [2.05, 4.69) is 33.9 Å². The molecule has 0 N–H and O–H groups in total. The lowest BCUT2D eigenvalue weighted by Gasteiger charge is -2.38. The van der Waals surface area contributed by atoms with Gasteiger partial charge in [-0.05, 0) is 23.7 Å². The van der Waals surface area contributed by atoms with Crippen LogP contribution in [-0.2, 0) is 20.6 Å². The molecule has 1 amide bonds. The lowest BCUT2D eigenvalue weighted by molar-refractivity contribution is -0.111.